The molecule has 0 saturated heterocycles. The average molecular weight is 527 g/mol. The highest BCUT2D eigenvalue weighted by Gasteiger charge is 2.29. The molecule has 0 fully saturated rings. The van der Waals surface area contributed by atoms with Crippen LogP contribution in [0.5, 0.6) is 5.75 Å². The zero-order valence-electron chi connectivity index (χ0n) is 18.7. The summed E-state index contributed by atoms with van der Waals surface area (Å²) in [5.41, 5.74) is 1.07. The predicted octanol–water partition coefficient (Wildman–Crippen LogP) is 7.28. The molecule has 0 aliphatic carbocycles. The third-order valence-corrected chi connectivity index (χ3v) is 6.70. The number of carboxylic acids is 1. The summed E-state index contributed by atoms with van der Waals surface area (Å²) in [7, 11) is 0. The van der Waals surface area contributed by atoms with Crippen LogP contribution in [0.4, 0.5) is 5.69 Å². The summed E-state index contributed by atoms with van der Waals surface area (Å²) < 4.78 is 5.57. The molecule has 0 spiro atoms. The first kappa shape index (κ1) is 24.7. The molecule has 35 heavy (non-hydrogen) atoms. The summed E-state index contributed by atoms with van der Waals surface area (Å²) in [6.45, 7) is 2.96. The number of rotatable bonds is 7. The molecule has 0 unspecified atom stereocenters. The topological polar surface area (TPSA) is 88.5 Å². The first-order valence-corrected chi connectivity index (χ1v) is 12.1. The number of nitrogens with zero attached hydrogens (tertiary/aromatic N) is 1. The van der Waals surface area contributed by atoms with Crippen LogP contribution in [-0.2, 0) is 4.79 Å². The molecule has 4 rings (SSSR count). The Morgan fingerprint density at radius 3 is 2.00 bits per heavy atom. The van der Waals surface area contributed by atoms with Gasteiger partial charge >= 0.3 is 5.97 Å². The average Bonchev–Trinajstić information content (AvgIpc) is 3.27. The number of carbonyl (C=O) groups is 2. The number of aliphatic carboxylic acids is 1. The maximum Gasteiger partial charge on any atom is 0.347 e. The van der Waals surface area contributed by atoms with E-state index in [0.717, 1.165) is 11.1 Å². The van der Waals surface area contributed by atoms with Crippen molar-refractivity contribution in [2.75, 3.05) is 5.32 Å². The molecule has 0 radical (unpaired) electrons. The minimum atomic E-state index is -1.36. The van der Waals surface area contributed by atoms with E-state index in [-0.39, 0.29) is 11.6 Å². The van der Waals surface area contributed by atoms with Crippen LogP contribution in [0.1, 0.15) is 24.3 Å². The lowest BCUT2D eigenvalue weighted by Gasteiger charge is -2.21. The van der Waals surface area contributed by atoms with E-state index in [4.69, 9.17) is 27.9 Å². The van der Waals surface area contributed by atoms with Crippen LogP contribution in [0.2, 0.25) is 10.0 Å². The molecular formula is C26H20Cl2N2O4S. The molecule has 0 aliphatic heterocycles. The molecule has 0 aliphatic rings. The summed E-state index contributed by atoms with van der Waals surface area (Å²) in [5.74, 6) is -1.01. The predicted molar refractivity (Wildman–Crippen MR) is 140 cm³/mol. The largest absolute Gasteiger partial charge is 0.478 e. The van der Waals surface area contributed by atoms with E-state index in [1.54, 1.807) is 60.7 Å². The van der Waals surface area contributed by atoms with Crippen molar-refractivity contribution in [1.29, 1.82) is 0 Å². The highest BCUT2D eigenvalue weighted by Crippen LogP contribution is 2.37. The first-order valence-electron chi connectivity index (χ1n) is 10.5. The zero-order valence-corrected chi connectivity index (χ0v) is 21.0. The molecule has 0 bridgehead atoms. The van der Waals surface area contributed by atoms with Crippen LogP contribution in [0.3, 0.4) is 0 Å². The van der Waals surface area contributed by atoms with Gasteiger partial charge in [-0.3, -0.25) is 4.79 Å². The first-order chi connectivity index (χ1) is 16.6. The molecule has 9 heteroatoms. The van der Waals surface area contributed by atoms with Gasteiger partial charge in [-0.15, -0.1) is 11.3 Å². The van der Waals surface area contributed by atoms with Crippen LogP contribution < -0.4 is 10.1 Å². The van der Waals surface area contributed by atoms with E-state index in [0.29, 0.717) is 31.4 Å². The second kappa shape index (κ2) is 10.1. The number of anilines is 1. The van der Waals surface area contributed by atoms with Gasteiger partial charge in [0, 0.05) is 21.3 Å². The van der Waals surface area contributed by atoms with Gasteiger partial charge in [0.2, 0.25) is 0 Å². The quantitative estimate of drug-likeness (QED) is 0.264. The van der Waals surface area contributed by atoms with Gasteiger partial charge in [-0.05, 0) is 80.1 Å². The van der Waals surface area contributed by atoms with Gasteiger partial charge < -0.3 is 15.2 Å². The molecule has 0 atom stereocenters. The summed E-state index contributed by atoms with van der Waals surface area (Å²) >= 11 is 13.4. The summed E-state index contributed by atoms with van der Waals surface area (Å²) in [4.78, 5) is 29.8. The lowest BCUT2D eigenvalue weighted by atomic mass is 10.1. The number of benzene rings is 3. The molecule has 6 nitrogen and oxygen atoms in total. The lowest BCUT2D eigenvalue weighted by Crippen LogP contribution is -2.37. The molecule has 2 N–H and O–H groups in total. The maximum atomic E-state index is 13.2. The van der Waals surface area contributed by atoms with Crippen molar-refractivity contribution in [2.45, 2.75) is 19.4 Å². The van der Waals surface area contributed by atoms with Gasteiger partial charge in [0.1, 0.15) is 16.5 Å². The SMILES string of the molecule is CC(C)(Oc1ccc(-c2nc(C(=O)Nc3ccc(Cl)cc3)c(-c3ccc(Cl)cc3)s2)cc1)C(=O)O. The number of hydrogen-bond donors (Lipinski definition) is 2. The molecule has 1 heterocycles. The summed E-state index contributed by atoms with van der Waals surface area (Å²) in [5, 5.41) is 13.9. The molecule has 1 aromatic heterocycles. The highest BCUT2D eigenvalue weighted by molar-refractivity contribution is 7.18. The number of amides is 1. The van der Waals surface area contributed by atoms with Gasteiger partial charge in [0.25, 0.3) is 5.91 Å². The monoisotopic (exact) mass is 526 g/mol. The number of carboxylic acid groups (broad SMARTS) is 1. The van der Waals surface area contributed by atoms with Crippen LogP contribution in [0.15, 0.2) is 72.8 Å². The van der Waals surface area contributed by atoms with Crippen molar-refractivity contribution in [3.8, 4) is 26.8 Å². The number of carbonyl (C=O) groups excluding carboxylic acids is 1. The molecule has 1 amide bonds. The second-order valence-corrected chi connectivity index (χ2v) is 9.98. The Bertz CT molecular complexity index is 1370. The fourth-order valence-corrected chi connectivity index (χ4v) is 4.45. The molecule has 3 aromatic carbocycles. The Balaban J connectivity index is 1.68. The van der Waals surface area contributed by atoms with Gasteiger partial charge in [-0.2, -0.15) is 0 Å². The second-order valence-electron chi connectivity index (χ2n) is 8.11. The van der Waals surface area contributed by atoms with Crippen molar-refractivity contribution in [2.24, 2.45) is 0 Å². The fraction of sp³-hybridized carbons (Fsp3) is 0.115. The van der Waals surface area contributed by atoms with Crippen molar-refractivity contribution in [1.82, 2.24) is 4.98 Å². The highest BCUT2D eigenvalue weighted by atomic mass is 35.5. The van der Waals surface area contributed by atoms with E-state index in [2.05, 4.69) is 10.3 Å². The number of aromatic nitrogens is 1. The van der Waals surface area contributed by atoms with E-state index < -0.39 is 11.6 Å². The maximum absolute atomic E-state index is 13.2. The van der Waals surface area contributed by atoms with Crippen LogP contribution in [0.25, 0.3) is 21.0 Å². The smallest absolute Gasteiger partial charge is 0.347 e. The Morgan fingerprint density at radius 2 is 1.43 bits per heavy atom. The number of thiazole rings is 1. The van der Waals surface area contributed by atoms with Gasteiger partial charge in [-0.25, -0.2) is 9.78 Å². The summed E-state index contributed by atoms with van der Waals surface area (Å²) in [6.07, 6.45) is 0. The van der Waals surface area contributed by atoms with Crippen LogP contribution >= 0.6 is 34.5 Å². The van der Waals surface area contributed by atoms with E-state index in [1.807, 2.05) is 12.1 Å². The Hall–Kier alpha value is -3.39. The molecular weight excluding hydrogens is 507 g/mol. The number of ether oxygens (including phenoxy) is 1. The van der Waals surface area contributed by atoms with E-state index in [9.17, 15) is 14.7 Å². The summed E-state index contributed by atoms with van der Waals surface area (Å²) in [6, 6.07) is 20.9. The van der Waals surface area contributed by atoms with Gasteiger partial charge in [-0.1, -0.05) is 35.3 Å². The third kappa shape index (κ3) is 5.82. The Morgan fingerprint density at radius 1 is 0.886 bits per heavy atom. The zero-order chi connectivity index (χ0) is 25.2. The fourth-order valence-electron chi connectivity index (χ4n) is 3.12. The van der Waals surface area contributed by atoms with Crippen molar-refractivity contribution < 1.29 is 19.4 Å². The van der Waals surface area contributed by atoms with Crippen molar-refractivity contribution in [3.63, 3.8) is 0 Å². The van der Waals surface area contributed by atoms with Gasteiger partial charge in [0.15, 0.2) is 5.60 Å². The molecule has 4 aromatic rings. The van der Waals surface area contributed by atoms with Crippen LogP contribution in [0, 0.1) is 0 Å². The minimum Gasteiger partial charge on any atom is -0.478 e. The number of hydrogen-bond acceptors (Lipinski definition) is 5. The third-order valence-electron chi connectivity index (χ3n) is 5.04. The molecule has 0 saturated carbocycles. The Labute approximate surface area is 216 Å². The van der Waals surface area contributed by atoms with Gasteiger partial charge in [0.05, 0.1) is 4.88 Å². The van der Waals surface area contributed by atoms with E-state index in [1.165, 1.54) is 25.2 Å². The number of nitrogens with one attached hydrogen (secondary N) is 1. The Kier molecular flexibility index (Phi) is 7.12. The number of halogens is 2. The molecule has 178 valence electrons. The van der Waals surface area contributed by atoms with Crippen molar-refractivity contribution in [3.05, 3.63) is 88.5 Å². The van der Waals surface area contributed by atoms with E-state index >= 15 is 0 Å². The normalized spacial score (nSPS) is 11.2. The minimum absolute atomic E-state index is 0.273. The standard InChI is InChI=1S/C26H20Cl2N2O4S/c1-26(2,25(32)33)34-20-13-5-16(6-14-20)24-30-21(22(35-24)15-3-7-17(27)8-4-15)23(31)29-19-11-9-18(28)10-12-19/h3-14H,1-2H3,(H,29,31)(H,32,33). The lowest BCUT2D eigenvalue weighted by molar-refractivity contribution is -0.152. The van der Waals surface area contributed by atoms with Crippen molar-refractivity contribution >= 4 is 52.1 Å². The van der Waals surface area contributed by atoms with Crippen LogP contribution in [-0.4, -0.2) is 27.6 Å².